The van der Waals surface area contributed by atoms with Crippen LogP contribution in [0.4, 0.5) is 0 Å². The summed E-state index contributed by atoms with van der Waals surface area (Å²) < 4.78 is 0. The van der Waals surface area contributed by atoms with Crippen LogP contribution >= 0.6 is 11.3 Å². The first-order valence-corrected chi connectivity index (χ1v) is 6.32. The molecule has 0 aliphatic heterocycles. The summed E-state index contributed by atoms with van der Waals surface area (Å²) in [6.45, 7) is 3.86. The molecule has 0 bridgehead atoms. The van der Waals surface area contributed by atoms with Gasteiger partial charge in [-0.1, -0.05) is 30.3 Å². The van der Waals surface area contributed by atoms with E-state index in [0.717, 1.165) is 10.6 Å². The van der Waals surface area contributed by atoms with Gasteiger partial charge in [-0.05, 0) is 19.4 Å². The molecule has 0 aliphatic carbocycles. The van der Waals surface area contributed by atoms with Crippen LogP contribution in [-0.2, 0) is 0 Å². The zero-order valence-corrected chi connectivity index (χ0v) is 10.6. The van der Waals surface area contributed by atoms with E-state index in [9.17, 15) is 4.79 Å². The highest BCUT2D eigenvalue weighted by Gasteiger charge is 2.13. The first-order chi connectivity index (χ1) is 8.16. The third-order valence-corrected chi connectivity index (χ3v) is 3.27. The zero-order valence-electron chi connectivity index (χ0n) is 9.81. The van der Waals surface area contributed by atoms with Crippen LogP contribution in [0.1, 0.15) is 34.0 Å². The molecule has 0 spiro atoms. The monoisotopic (exact) mass is 246 g/mol. The predicted molar refractivity (Wildman–Crippen MR) is 69.2 cm³/mol. The van der Waals surface area contributed by atoms with Crippen LogP contribution in [-0.4, -0.2) is 10.9 Å². The molecule has 4 heteroatoms. The highest BCUT2D eigenvalue weighted by Crippen LogP contribution is 2.13. The molecule has 88 valence electrons. The molecule has 1 amide bonds. The Labute approximate surface area is 105 Å². The third-order valence-electron chi connectivity index (χ3n) is 2.50. The van der Waals surface area contributed by atoms with E-state index in [1.165, 1.54) is 11.3 Å². The maximum absolute atomic E-state index is 11.9. The number of nitrogens with zero attached hydrogens (tertiary/aromatic N) is 1. The smallest absolute Gasteiger partial charge is 0.271 e. The summed E-state index contributed by atoms with van der Waals surface area (Å²) in [5.41, 5.74) is 1.59. The van der Waals surface area contributed by atoms with E-state index in [-0.39, 0.29) is 11.9 Å². The van der Waals surface area contributed by atoms with Crippen LogP contribution in [0.15, 0.2) is 35.7 Å². The molecular weight excluding hydrogens is 232 g/mol. The molecule has 3 nitrogen and oxygen atoms in total. The molecule has 0 unspecified atom stereocenters. The molecule has 1 atom stereocenters. The maximum Gasteiger partial charge on any atom is 0.271 e. The zero-order chi connectivity index (χ0) is 12.3. The second-order valence-electron chi connectivity index (χ2n) is 3.86. The van der Waals surface area contributed by atoms with E-state index in [1.807, 2.05) is 44.2 Å². The Hall–Kier alpha value is -1.68. The van der Waals surface area contributed by atoms with Gasteiger partial charge in [-0.25, -0.2) is 4.98 Å². The highest BCUT2D eigenvalue weighted by molar-refractivity contribution is 7.09. The Morgan fingerprint density at radius 3 is 2.65 bits per heavy atom. The lowest BCUT2D eigenvalue weighted by atomic mass is 10.1. The summed E-state index contributed by atoms with van der Waals surface area (Å²) in [5.74, 6) is -0.120. The van der Waals surface area contributed by atoms with Crippen LogP contribution in [0.25, 0.3) is 0 Å². The van der Waals surface area contributed by atoms with Crippen LogP contribution < -0.4 is 5.32 Å². The number of carbonyl (C=O) groups excluding carboxylic acids is 1. The number of rotatable bonds is 3. The molecule has 2 aromatic rings. The van der Waals surface area contributed by atoms with Crippen molar-refractivity contribution in [3.63, 3.8) is 0 Å². The van der Waals surface area contributed by atoms with Crippen LogP contribution in [0.5, 0.6) is 0 Å². The van der Waals surface area contributed by atoms with Gasteiger partial charge in [0, 0.05) is 5.38 Å². The highest BCUT2D eigenvalue weighted by atomic mass is 32.1. The van der Waals surface area contributed by atoms with E-state index in [1.54, 1.807) is 5.38 Å². The largest absolute Gasteiger partial charge is 0.344 e. The Kier molecular flexibility index (Phi) is 3.54. The molecule has 0 saturated heterocycles. The first kappa shape index (κ1) is 11.8. The molecule has 0 fully saturated rings. The number of thiazole rings is 1. The topological polar surface area (TPSA) is 42.0 Å². The van der Waals surface area contributed by atoms with Gasteiger partial charge >= 0.3 is 0 Å². The van der Waals surface area contributed by atoms with Crippen molar-refractivity contribution in [2.75, 3.05) is 0 Å². The lowest BCUT2D eigenvalue weighted by Gasteiger charge is -2.13. The summed E-state index contributed by atoms with van der Waals surface area (Å²) >= 11 is 1.48. The van der Waals surface area contributed by atoms with Crippen molar-refractivity contribution in [2.24, 2.45) is 0 Å². The minimum absolute atomic E-state index is 0.00861. The normalized spacial score (nSPS) is 12.1. The molecular formula is C13H14N2OS. The molecule has 1 aromatic heterocycles. The van der Waals surface area contributed by atoms with Gasteiger partial charge < -0.3 is 5.32 Å². The van der Waals surface area contributed by atoms with E-state index in [0.29, 0.717) is 5.69 Å². The first-order valence-electron chi connectivity index (χ1n) is 5.45. The summed E-state index contributed by atoms with van der Waals surface area (Å²) in [6, 6.07) is 9.87. The second kappa shape index (κ2) is 5.10. The van der Waals surface area contributed by atoms with Crippen molar-refractivity contribution in [2.45, 2.75) is 19.9 Å². The average molecular weight is 246 g/mol. The fourth-order valence-electron chi connectivity index (χ4n) is 1.56. The predicted octanol–water partition coefficient (Wildman–Crippen LogP) is 2.94. The van der Waals surface area contributed by atoms with Crippen molar-refractivity contribution >= 4 is 17.2 Å². The van der Waals surface area contributed by atoms with E-state index in [4.69, 9.17) is 0 Å². The molecule has 0 saturated carbocycles. The Morgan fingerprint density at radius 2 is 2.06 bits per heavy atom. The summed E-state index contributed by atoms with van der Waals surface area (Å²) in [4.78, 5) is 16.0. The minimum Gasteiger partial charge on any atom is -0.344 e. The van der Waals surface area contributed by atoms with E-state index in [2.05, 4.69) is 10.3 Å². The SMILES string of the molecule is Cc1nc(C(=O)N[C@H](C)c2ccccc2)cs1. The number of nitrogens with one attached hydrogen (secondary N) is 1. The van der Waals surface area contributed by atoms with Crippen LogP contribution in [0, 0.1) is 6.92 Å². The number of benzene rings is 1. The standard InChI is InChI=1S/C13H14N2OS/c1-9(11-6-4-3-5-7-11)14-13(16)12-8-17-10(2)15-12/h3-9H,1-2H3,(H,14,16)/t9-/m1/s1. The maximum atomic E-state index is 11.9. The van der Waals surface area contributed by atoms with Crippen molar-refractivity contribution in [3.8, 4) is 0 Å². The number of hydrogen-bond acceptors (Lipinski definition) is 3. The average Bonchev–Trinajstić information content (AvgIpc) is 2.77. The van der Waals surface area contributed by atoms with Crippen LogP contribution in [0.3, 0.4) is 0 Å². The Morgan fingerprint density at radius 1 is 1.35 bits per heavy atom. The van der Waals surface area contributed by atoms with Gasteiger partial charge in [0.1, 0.15) is 5.69 Å². The van der Waals surface area contributed by atoms with Gasteiger partial charge in [0.15, 0.2) is 0 Å². The summed E-state index contributed by atoms with van der Waals surface area (Å²) in [5, 5.41) is 5.62. The Balaban J connectivity index is 2.04. The molecule has 0 radical (unpaired) electrons. The van der Waals surface area contributed by atoms with Crippen LogP contribution in [0.2, 0.25) is 0 Å². The minimum atomic E-state index is -0.120. The molecule has 0 aliphatic rings. The van der Waals surface area contributed by atoms with Gasteiger partial charge in [-0.15, -0.1) is 11.3 Å². The third kappa shape index (κ3) is 2.91. The van der Waals surface area contributed by atoms with Gasteiger partial charge in [-0.3, -0.25) is 4.79 Å². The van der Waals surface area contributed by atoms with Crippen molar-refractivity contribution in [1.82, 2.24) is 10.3 Å². The number of aromatic nitrogens is 1. The van der Waals surface area contributed by atoms with E-state index >= 15 is 0 Å². The number of hydrogen-bond donors (Lipinski definition) is 1. The Bertz CT molecular complexity index is 507. The van der Waals surface area contributed by atoms with Crippen molar-refractivity contribution in [3.05, 3.63) is 52.0 Å². The molecule has 1 heterocycles. The molecule has 17 heavy (non-hydrogen) atoms. The van der Waals surface area contributed by atoms with Crippen molar-refractivity contribution < 1.29 is 4.79 Å². The fourth-order valence-corrected chi connectivity index (χ4v) is 2.16. The number of aryl methyl sites for hydroxylation is 1. The van der Waals surface area contributed by atoms with E-state index < -0.39 is 0 Å². The lowest BCUT2D eigenvalue weighted by Crippen LogP contribution is -2.26. The molecule has 2 rings (SSSR count). The molecule has 1 aromatic carbocycles. The lowest BCUT2D eigenvalue weighted by molar-refractivity contribution is 0.0935. The fraction of sp³-hybridized carbons (Fsp3) is 0.231. The number of amides is 1. The van der Waals surface area contributed by atoms with Crippen molar-refractivity contribution in [1.29, 1.82) is 0 Å². The summed E-state index contributed by atoms with van der Waals surface area (Å²) in [7, 11) is 0. The van der Waals surface area contributed by atoms with Gasteiger partial charge in [-0.2, -0.15) is 0 Å². The van der Waals surface area contributed by atoms with Gasteiger partial charge in [0.25, 0.3) is 5.91 Å². The van der Waals surface area contributed by atoms with Gasteiger partial charge in [0.05, 0.1) is 11.0 Å². The van der Waals surface area contributed by atoms with Gasteiger partial charge in [0.2, 0.25) is 0 Å². The number of carbonyl (C=O) groups is 1. The molecule has 1 N–H and O–H groups in total. The second-order valence-corrected chi connectivity index (χ2v) is 4.92. The quantitative estimate of drug-likeness (QED) is 0.904. The summed E-state index contributed by atoms with van der Waals surface area (Å²) in [6.07, 6.45) is 0.